The number of anilines is 2. The van der Waals surface area contributed by atoms with Crippen LogP contribution in [0.4, 0.5) is 11.6 Å². The van der Waals surface area contributed by atoms with Gasteiger partial charge in [-0.3, -0.25) is 0 Å². The molecule has 0 saturated heterocycles. The number of nitrogens with one attached hydrogen (secondary N) is 2. The Morgan fingerprint density at radius 1 is 1.06 bits per heavy atom. The highest BCUT2D eigenvalue weighted by atomic mass is 15.1. The molecule has 17 heavy (non-hydrogen) atoms. The maximum Gasteiger partial charge on any atom is 0.131 e. The zero-order chi connectivity index (χ0) is 12.5. The van der Waals surface area contributed by atoms with Gasteiger partial charge in [-0.05, 0) is 20.0 Å². The summed E-state index contributed by atoms with van der Waals surface area (Å²) >= 11 is 0. The SMILES string of the molecule is CCNc1cc(NCCN(CC)CC)ncn1. The highest BCUT2D eigenvalue weighted by molar-refractivity contribution is 5.46. The van der Waals surface area contributed by atoms with Crippen LogP contribution in [0.1, 0.15) is 20.8 Å². The van der Waals surface area contributed by atoms with Gasteiger partial charge >= 0.3 is 0 Å². The molecule has 5 nitrogen and oxygen atoms in total. The Morgan fingerprint density at radius 3 is 2.29 bits per heavy atom. The predicted molar refractivity (Wildman–Crippen MR) is 72.5 cm³/mol. The molecule has 1 heterocycles. The second kappa shape index (κ2) is 7.84. The van der Waals surface area contributed by atoms with Crippen molar-refractivity contribution in [2.24, 2.45) is 0 Å². The summed E-state index contributed by atoms with van der Waals surface area (Å²) in [5.41, 5.74) is 0. The summed E-state index contributed by atoms with van der Waals surface area (Å²) in [6, 6.07) is 1.94. The Balaban J connectivity index is 2.38. The first-order valence-corrected chi connectivity index (χ1v) is 6.32. The van der Waals surface area contributed by atoms with Crippen molar-refractivity contribution in [1.82, 2.24) is 14.9 Å². The summed E-state index contributed by atoms with van der Waals surface area (Å²) in [4.78, 5) is 10.7. The number of rotatable bonds is 8. The Bertz CT molecular complexity index is 312. The molecule has 0 saturated carbocycles. The van der Waals surface area contributed by atoms with Gasteiger partial charge in [0.1, 0.15) is 18.0 Å². The van der Waals surface area contributed by atoms with Crippen molar-refractivity contribution in [3.63, 3.8) is 0 Å². The zero-order valence-corrected chi connectivity index (χ0v) is 11.0. The van der Waals surface area contributed by atoms with Crippen LogP contribution in [0.15, 0.2) is 12.4 Å². The topological polar surface area (TPSA) is 53.1 Å². The fraction of sp³-hybridized carbons (Fsp3) is 0.667. The molecular weight excluding hydrogens is 214 g/mol. The van der Waals surface area contributed by atoms with Gasteiger partial charge in [0, 0.05) is 25.7 Å². The summed E-state index contributed by atoms with van der Waals surface area (Å²) in [6.07, 6.45) is 1.58. The Morgan fingerprint density at radius 2 is 1.71 bits per heavy atom. The van der Waals surface area contributed by atoms with Gasteiger partial charge in [-0.2, -0.15) is 0 Å². The molecule has 0 aromatic carbocycles. The van der Waals surface area contributed by atoms with Crippen molar-refractivity contribution < 1.29 is 0 Å². The summed E-state index contributed by atoms with van der Waals surface area (Å²) in [7, 11) is 0. The molecule has 1 aromatic rings. The minimum atomic E-state index is 0.868. The fourth-order valence-electron chi connectivity index (χ4n) is 1.61. The molecular formula is C12H23N5. The summed E-state index contributed by atoms with van der Waals surface area (Å²) < 4.78 is 0. The number of aromatic nitrogens is 2. The van der Waals surface area contributed by atoms with E-state index < -0.39 is 0 Å². The second-order valence-corrected chi connectivity index (χ2v) is 3.77. The lowest BCUT2D eigenvalue weighted by atomic mass is 10.4. The Kier molecular flexibility index (Phi) is 6.32. The normalized spacial score (nSPS) is 10.6. The van der Waals surface area contributed by atoms with E-state index in [0.29, 0.717) is 0 Å². The van der Waals surface area contributed by atoms with Crippen LogP contribution in [-0.4, -0.2) is 47.6 Å². The smallest absolute Gasteiger partial charge is 0.131 e. The molecule has 0 aliphatic heterocycles. The Hall–Kier alpha value is -1.36. The fourth-order valence-corrected chi connectivity index (χ4v) is 1.61. The second-order valence-electron chi connectivity index (χ2n) is 3.77. The molecule has 0 bridgehead atoms. The third-order valence-electron chi connectivity index (χ3n) is 2.65. The summed E-state index contributed by atoms with van der Waals surface area (Å²) in [5.74, 6) is 1.75. The van der Waals surface area contributed by atoms with E-state index in [1.54, 1.807) is 6.33 Å². The molecule has 2 N–H and O–H groups in total. The molecule has 0 amide bonds. The van der Waals surface area contributed by atoms with Gasteiger partial charge in [0.25, 0.3) is 0 Å². The molecule has 0 radical (unpaired) electrons. The first kappa shape index (κ1) is 13.7. The summed E-state index contributed by atoms with van der Waals surface area (Å²) in [5, 5.41) is 6.48. The lowest BCUT2D eigenvalue weighted by Crippen LogP contribution is -2.28. The maximum absolute atomic E-state index is 4.19. The lowest BCUT2D eigenvalue weighted by Gasteiger charge is -2.18. The molecule has 0 fully saturated rings. The lowest BCUT2D eigenvalue weighted by molar-refractivity contribution is 0.316. The van der Waals surface area contributed by atoms with Crippen LogP contribution in [0.2, 0.25) is 0 Å². The van der Waals surface area contributed by atoms with Crippen LogP contribution >= 0.6 is 0 Å². The van der Waals surface area contributed by atoms with Crippen LogP contribution in [0.5, 0.6) is 0 Å². The van der Waals surface area contributed by atoms with E-state index in [1.807, 2.05) is 6.07 Å². The maximum atomic E-state index is 4.19. The van der Waals surface area contributed by atoms with Crippen LogP contribution in [0.25, 0.3) is 0 Å². The molecule has 0 aliphatic rings. The molecule has 0 atom stereocenters. The molecule has 5 heteroatoms. The molecule has 1 aromatic heterocycles. The van der Waals surface area contributed by atoms with Crippen molar-refractivity contribution in [2.45, 2.75) is 20.8 Å². The van der Waals surface area contributed by atoms with Crippen molar-refractivity contribution >= 4 is 11.6 Å². The first-order valence-electron chi connectivity index (χ1n) is 6.32. The standard InChI is InChI=1S/C12H23N5/c1-4-13-11-9-12(16-10-15-11)14-7-8-17(5-2)6-3/h9-10H,4-8H2,1-3H3,(H2,13,14,15,16). The largest absolute Gasteiger partial charge is 0.370 e. The average molecular weight is 237 g/mol. The van der Waals surface area contributed by atoms with E-state index in [4.69, 9.17) is 0 Å². The van der Waals surface area contributed by atoms with Crippen LogP contribution in [0, 0.1) is 0 Å². The van der Waals surface area contributed by atoms with E-state index in [2.05, 4.69) is 46.3 Å². The quantitative estimate of drug-likeness (QED) is 0.720. The van der Waals surface area contributed by atoms with E-state index in [9.17, 15) is 0 Å². The number of likely N-dealkylation sites (N-methyl/N-ethyl adjacent to an activating group) is 1. The van der Waals surface area contributed by atoms with E-state index in [-0.39, 0.29) is 0 Å². The van der Waals surface area contributed by atoms with Crippen molar-refractivity contribution in [1.29, 1.82) is 0 Å². The number of nitrogens with zero attached hydrogens (tertiary/aromatic N) is 3. The third kappa shape index (κ3) is 4.99. The number of hydrogen-bond donors (Lipinski definition) is 2. The minimum absolute atomic E-state index is 0.868. The van der Waals surface area contributed by atoms with Gasteiger partial charge in [-0.15, -0.1) is 0 Å². The molecule has 1 rings (SSSR count). The molecule has 0 aliphatic carbocycles. The average Bonchev–Trinajstić information content (AvgIpc) is 2.36. The van der Waals surface area contributed by atoms with Crippen molar-refractivity contribution in [3.05, 3.63) is 12.4 Å². The third-order valence-corrected chi connectivity index (χ3v) is 2.65. The van der Waals surface area contributed by atoms with Crippen LogP contribution in [-0.2, 0) is 0 Å². The van der Waals surface area contributed by atoms with Crippen LogP contribution in [0.3, 0.4) is 0 Å². The summed E-state index contributed by atoms with van der Waals surface area (Å²) in [6.45, 7) is 11.4. The van der Waals surface area contributed by atoms with E-state index in [1.165, 1.54) is 0 Å². The van der Waals surface area contributed by atoms with E-state index in [0.717, 1.165) is 44.4 Å². The van der Waals surface area contributed by atoms with Gasteiger partial charge in [-0.1, -0.05) is 13.8 Å². The molecule has 0 unspecified atom stereocenters. The van der Waals surface area contributed by atoms with E-state index >= 15 is 0 Å². The zero-order valence-electron chi connectivity index (χ0n) is 11.0. The monoisotopic (exact) mass is 237 g/mol. The minimum Gasteiger partial charge on any atom is -0.370 e. The van der Waals surface area contributed by atoms with Crippen LogP contribution < -0.4 is 10.6 Å². The first-order chi connectivity index (χ1) is 8.30. The highest BCUT2D eigenvalue weighted by Crippen LogP contribution is 2.07. The van der Waals surface area contributed by atoms with Crippen molar-refractivity contribution in [3.8, 4) is 0 Å². The molecule has 0 spiro atoms. The Labute approximate surface area is 104 Å². The number of hydrogen-bond acceptors (Lipinski definition) is 5. The van der Waals surface area contributed by atoms with Gasteiger partial charge in [0.05, 0.1) is 0 Å². The van der Waals surface area contributed by atoms with Gasteiger partial charge in [0.2, 0.25) is 0 Å². The van der Waals surface area contributed by atoms with Crippen molar-refractivity contribution in [2.75, 3.05) is 43.4 Å². The van der Waals surface area contributed by atoms with Gasteiger partial charge < -0.3 is 15.5 Å². The molecule has 96 valence electrons. The van der Waals surface area contributed by atoms with Gasteiger partial charge in [-0.25, -0.2) is 9.97 Å². The predicted octanol–water partition coefficient (Wildman–Crippen LogP) is 1.66. The van der Waals surface area contributed by atoms with Gasteiger partial charge in [0.15, 0.2) is 0 Å². The highest BCUT2D eigenvalue weighted by Gasteiger charge is 2.00.